The Morgan fingerprint density at radius 3 is 2.76 bits per heavy atom. The summed E-state index contributed by atoms with van der Waals surface area (Å²) in [6.45, 7) is 5.62. The molecule has 1 fully saturated rings. The normalized spacial score (nSPS) is 19.8. The predicted molar refractivity (Wildman–Crippen MR) is 66.6 cm³/mol. The van der Waals surface area contributed by atoms with Gasteiger partial charge in [-0.2, -0.15) is 16.7 Å². The first kappa shape index (κ1) is 12.9. The summed E-state index contributed by atoms with van der Waals surface area (Å²) in [5, 5.41) is 4.54. The zero-order valence-electron chi connectivity index (χ0n) is 10.3. The van der Waals surface area contributed by atoms with E-state index in [2.05, 4.69) is 24.0 Å². The molecule has 1 saturated heterocycles. The molecular weight excluding hydrogens is 238 g/mol. The highest BCUT2D eigenvalue weighted by molar-refractivity contribution is 7.99. The monoisotopic (exact) mass is 257 g/mol. The van der Waals surface area contributed by atoms with Gasteiger partial charge in [-0.05, 0) is 18.1 Å². The van der Waals surface area contributed by atoms with Gasteiger partial charge in [-0.15, -0.1) is 0 Å². The van der Waals surface area contributed by atoms with Crippen LogP contribution in [0.5, 0.6) is 0 Å². The van der Waals surface area contributed by atoms with Crippen LogP contribution < -0.4 is 5.73 Å². The van der Waals surface area contributed by atoms with E-state index >= 15 is 0 Å². The molecule has 2 N–H and O–H groups in total. The van der Waals surface area contributed by atoms with Crippen molar-refractivity contribution < 1.29 is 9.26 Å². The van der Waals surface area contributed by atoms with Crippen molar-refractivity contribution in [3.8, 4) is 0 Å². The maximum absolute atomic E-state index is 6.27. The second-order valence-corrected chi connectivity index (χ2v) is 6.21. The van der Waals surface area contributed by atoms with Gasteiger partial charge in [0.15, 0.2) is 5.82 Å². The number of nitrogens with zero attached hydrogens (tertiary/aromatic N) is 2. The van der Waals surface area contributed by atoms with Crippen LogP contribution in [0.3, 0.4) is 0 Å². The van der Waals surface area contributed by atoms with Crippen molar-refractivity contribution in [1.82, 2.24) is 10.1 Å². The molecule has 0 radical (unpaired) electrons. The molecule has 1 aromatic heterocycles. The summed E-state index contributed by atoms with van der Waals surface area (Å²) < 4.78 is 10.6. The topological polar surface area (TPSA) is 74.2 Å². The van der Waals surface area contributed by atoms with Gasteiger partial charge in [0.1, 0.15) is 5.54 Å². The van der Waals surface area contributed by atoms with Crippen molar-refractivity contribution in [1.29, 1.82) is 0 Å². The fourth-order valence-electron chi connectivity index (χ4n) is 1.71. The van der Waals surface area contributed by atoms with Crippen molar-refractivity contribution in [2.24, 2.45) is 5.73 Å². The average molecular weight is 257 g/mol. The van der Waals surface area contributed by atoms with Gasteiger partial charge in [0.05, 0.1) is 5.75 Å². The second kappa shape index (κ2) is 5.37. The maximum Gasteiger partial charge on any atom is 0.246 e. The second-order valence-electron chi connectivity index (χ2n) is 4.64. The number of ether oxygens (including phenoxy) is 1. The third kappa shape index (κ3) is 3.20. The average Bonchev–Trinajstić information content (AvgIpc) is 2.76. The third-order valence-electron chi connectivity index (χ3n) is 2.82. The molecule has 5 nitrogen and oxygen atoms in total. The van der Waals surface area contributed by atoms with E-state index in [0.29, 0.717) is 24.4 Å². The van der Waals surface area contributed by atoms with Crippen LogP contribution in [0.2, 0.25) is 0 Å². The van der Waals surface area contributed by atoms with Crippen LogP contribution in [0.4, 0.5) is 0 Å². The highest BCUT2D eigenvalue weighted by atomic mass is 32.2. The molecule has 6 heteroatoms. The zero-order chi connectivity index (χ0) is 12.3. The molecule has 0 atom stereocenters. The van der Waals surface area contributed by atoms with Crippen LogP contribution in [0.25, 0.3) is 0 Å². The highest BCUT2D eigenvalue weighted by Crippen LogP contribution is 2.28. The minimum Gasteiger partial charge on any atom is -0.381 e. The Morgan fingerprint density at radius 1 is 1.41 bits per heavy atom. The summed E-state index contributed by atoms with van der Waals surface area (Å²) in [5.74, 6) is 2.06. The van der Waals surface area contributed by atoms with E-state index in [4.69, 9.17) is 15.0 Å². The minimum atomic E-state index is -0.494. The maximum atomic E-state index is 6.27. The van der Waals surface area contributed by atoms with Crippen LogP contribution in [0.1, 0.15) is 38.4 Å². The predicted octanol–water partition coefficient (Wildman–Crippen LogP) is 1.68. The standard InChI is InChI=1S/C11H19N3O2S/c1-8(2)17-7-9-13-10(16-14-9)11(12)3-5-15-6-4-11/h8H,3-7,12H2,1-2H3. The summed E-state index contributed by atoms with van der Waals surface area (Å²) in [5.41, 5.74) is 5.77. The van der Waals surface area contributed by atoms with E-state index in [1.165, 1.54) is 0 Å². The number of rotatable bonds is 4. The summed E-state index contributed by atoms with van der Waals surface area (Å²) in [6, 6.07) is 0. The van der Waals surface area contributed by atoms with Gasteiger partial charge in [0, 0.05) is 13.2 Å². The van der Waals surface area contributed by atoms with Gasteiger partial charge in [0.2, 0.25) is 5.89 Å². The van der Waals surface area contributed by atoms with E-state index in [0.717, 1.165) is 24.4 Å². The Hall–Kier alpha value is -0.590. The molecule has 17 heavy (non-hydrogen) atoms. The number of thioether (sulfide) groups is 1. The third-order valence-corrected chi connectivity index (χ3v) is 3.92. The fraction of sp³-hybridized carbons (Fsp3) is 0.818. The van der Waals surface area contributed by atoms with Crippen LogP contribution in [0.15, 0.2) is 4.52 Å². The molecule has 96 valence electrons. The molecule has 2 heterocycles. The van der Waals surface area contributed by atoms with Gasteiger partial charge in [-0.3, -0.25) is 0 Å². The molecule has 0 aliphatic carbocycles. The lowest BCUT2D eigenvalue weighted by Crippen LogP contribution is -2.42. The number of hydrogen-bond donors (Lipinski definition) is 1. The summed E-state index contributed by atoms with van der Waals surface area (Å²) in [6.07, 6.45) is 1.48. The van der Waals surface area contributed by atoms with E-state index in [9.17, 15) is 0 Å². The summed E-state index contributed by atoms with van der Waals surface area (Å²) >= 11 is 1.79. The molecule has 0 saturated carbocycles. The lowest BCUT2D eigenvalue weighted by Gasteiger charge is -2.29. The van der Waals surface area contributed by atoms with Crippen molar-refractivity contribution in [3.05, 3.63) is 11.7 Å². The number of hydrogen-bond acceptors (Lipinski definition) is 6. The molecule has 0 spiro atoms. The molecule has 0 amide bonds. The van der Waals surface area contributed by atoms with Gasteiger partial charge in [-0.1, -0.05) is 19.0 Å². The van der Waals surface area contributed by atoms with E-state index < -0.39 is 5.54 Å². The Kier molecular flexibility index (Phi) is 4.06. The summed E-state index contributed by atoms with van der Waals surface area (Å²) in [4.78, 5) is 4.40. The molecule has 1 aliphatic rings. The van der Waals surface area contributed by atoms with E-state index in [1.54, 1.807) is 11.8 Å². The molecule has 1 aromatic rings. The van der Waals surface area contributed by atoms with Crippen molar-refractivity contribution in [2.45, 2.75) is 43.2 Å². The largest absolute Gasteiger partial charge is 0.381 e. The molecule has 0 aromatic carbocycles. The molecular formula is C11H19N3O2S. The smallest absolute Gasteiger partial charge is 0.246 e. The van der Waals surface area contributed by atoms with Gasteiger partial charge in [-0.25, -0.2) is 0 Å². The van der Waals surface area contributed by atoms with Gasteiger partial charge < -0.3 is 15.0 Å². The van der Waals surface area contributed by atoms with Gasteiger partial charge in [0.25, 0.3) is 0 Å². The molecule has 1 aliphatic heterocycles. The van der Waals surface area contributed by atoms with Crippen molar-refractivity contribution >= 4 is 11.8 Å². The van der Waals surface area contributed by atoms with Gasteiger partial charge >= 0.3 is 0 Å². The van der Waals surface area contributed by atoms with E-state index in [1.807, 2.05) is 0 Å². The van der Waals surface area contributed by atoms with Crippen LogP contribution in [-0.4, -0.2) is 28.6 Å². The molecule has 0 bridgehead atoms. The molecule has 0 unspecified atom stereocenters. The lowest BCUT2D eigenvalue weighted by atomic mass is 9.91. The highest BCUT2D eigenvalue weighted by Gasteiger charge is 2.35. The Morgan fingerprint density at radius 2 is 2.12 bits per heavy atom. The number of aromatic nitrogens is 2. The Labute approximate surface area is 105 Å². The summed E-state index contributed by atoms with van der Waals surface area (Å²) in [7, 11) is 0. The van der Waals surface area contributed by atoms with Crippen molar-refractivity contribution in [2.75, 3.05) is 13.2 Å². The van der Waals surface area contributed by atoms with Crippen LogP contribution >= 0.6 is 11.8 Å². The van der Waals surface area contributed by atoms with E-state index in [-0.39, 0.29) is 0 Å². The SMILES string of the molecule is CC(C)SCc1noc(C2(N)CCOCC2)n1. The molecule has 2 rings (SSSR count). The first-order valence-corrected chi connectivity index (χ1v) is 6.96. The quantitative estimate of drug-likeness (QED) is 0.884. The van der Waals surface area contributed by atoms with Crippen LogP contribution in [-0.2, 0) is 16.0 Å². The number of nitrogens with two attached hydrogens (primary N) is 1. The zero-order valence-corrected chi connectivity index (χ0v) is 11.1. The van der Waals surface area contributed by atoms with Crippen LogP contribution in [0, 0.1) is 0 Å². The fourth-order valence-corrected chi connectivity index (χ4v) is 2.31. The first-order chi connectivity index (χ1) is 8.10. The van der Waals surface area contributed by atoms with Crippen molar-refractivity contribution in [3.63, 3.8) is 0 Å². The Bertz CT molecular complexity index is 361. The minimum absolute atomic E-state index is 0.494. The Balaban J connectivity index is 2.01. The lowest BCUT2D eigenvalue weighted by molar-refractivity contribution is 0.0400. The first-order valence-electron chi connectivity index (χ1n) is 5.91.